The van der Waals surface area contributed by atoms with Gasteiger partial charge in [-0.05, 0) is 50.4 Å². The van der Waals surface area contributed by atoms with Crippen LogP contribution in [0.15, 0.2) is 30.5 Å². The van der Waals surface area contributed by atoms with Crippen LogP contribution < -0.4 is 4.90 Å². The van der Waals surface area contributed by atoms with Crippen LogP contribution >= 0.6 is 11.6 Å². The van der Waals surface area contributed by atoms with Gasteiger partial charge >= 0.3 is 6.09 Å². The van der Waals surface area contributed by atoms with Crippen molar-refractivity contribution in [3.8, 4) is 0 Å². The summed E-state index contributed by atoms with van der Waals surface area (Å²) in [7, 11) is 0. The van der Waals surface area contributed by atoms with E-state index >= 15 is 0 Å². The molecule has 0 N–H and O–H groups in total. The van der Waals surface area contributed by atoms with Crippen LogP contribution in [-0.2, 0) is 4.74 Å². The van der Waals surface area contributed by atoms with Gasteiger partial charge in [0.15, 0.2) is 0 Å². The fourth-order valence-corrected chi connectivity index (χ4v) is 2.99. The van der Waals surface area contributed by atoms with Crippen LogP contribution in [0.4, 0.5) is 10.6 Å². The van der Waals surface area contributed by atoms with Gasteiger partial charge in [-0.2, -0.15) is 0 Å². The Labute approximate surface area is 147 Å². The third-order valence-electron chi connectivity index (χ3n) is 3.94. The van der Waals surface area contributed by atoms with E-state index in [1.54, 1.807) is 11.1 Å². The van der Waals surface area contributed by atoms with Gasteiger partial charge in [0.1, 0.15) is 11.4 Å². The van der Waals surface area contributed by atoms with Crippen LogP contribution in [0.5, 0.6) is 0 Å². The zero-order valence-electron chi connectivity index (χ0n) is 14.3. The summed E-state index contributed by atoms with van der Waals surface area (Å²) in [4.78, 5) is 20.7. The molecule has 6 heteroatoms. The summed E-state index contributed by atoms with van der Waals surface area (Å²) in [5, 5.41) is 2.86. The van der Waals surface area contributed by atoms with E-state index in [0.717, 1.165) is 34.7 Å². The fraction of sp³-hybridized carbons (Fsp3) is 0.444. The molecule has 1 aliphatic heterocycles. The van der Waals surface area contributed by atoms with E-state index in [2.05, 4.69) is 9.88 Å². The van der Waals surface area contributed by atoms with E-state index in [0.29, 0.717) is 13.1 Å². The number of hydrogen-bond acceptors (Lipinski definition) is 4. The van der Waals surface area contributed by atoms with E-state index in [4.69, 9.17) is 16.3 Å². The molecule has 0 unspecified atom stereocenters. The Kier molecular flexibility index (Phi) is 4.54. The number of hydrogen-bond donors (Lipinski definition) is 0. The molecule has 2 heterocycles. The molecule has 3 rings (SSSR count). The molecule has 0 aliphatic carbocycles. The maximum atomic E-state index is 12.2. The van der Waals surface area contributed by atoms with Gasteiger partial charge in [-0.15, -0.1) is 0 Å². The van der Waals surface area contributed by atoms with Crippen molar-refractivity contribution < 1.29 is 9.53 Å². The highest BCUT2D eigenvalue weighted by molar-refractivity contribution is 6.31. The van der Waals surface area contributed by atoms with Crippen molar-refractivity contribution in [2.24, 2.45) is 0 Å². The molecule has 0 saturated carbocycles. The van der Waals surface area contributed by atoms with Crippen molar-refractivity contribution in [2.45, 2.75) is 26.4 Å². The smallest absolute Gasteiger partial charge is 0.410 e. The number of anilines is 1. The molecule has 128 valence electrons. The summed E-state index contributed by atoms with van der Waals surface area (Å²) in [6, 6.07) is 7.78. The highest BCUT2D eigenvalue weighted by atomic mass is 35.5. The first kappa shape index (κ1) is 16.8. The third kappa shape index (κ3) is 3.73. The lowest BCUT2D eigenvalue weighted by molar-refractivity contribution is 0.0240. The number of halogens is 1. The predicted molar refractivity (Wildman–Crippen MR) is 96.8 cm³/mol. The highest BCUT2D eigenvalue weighted by Crippen LogP contribution is 2.27. The number of nitrogens with zero attached hydrogens (tertiary/aromatic N) is 3. The molecule has 1 saturated heterocycles. The summed E-state index contributed by atoms with van der Waals surface area (Å²) < 4.78 is 5.44. The standard InChI is InChI=1S/C18H22ClN3O2/c1-18(2,3)24-17(23)22-10-8-21(9-11-22)16-15-5-4-14(19)12-13(15)6-7-20-16/h4-7,12H,8-11H2,1-3H3. The normalized spacial score (nSPS) is 15.7. The monoisotopic (exact) mass is 347 g/mol. The first-order chi connectivity index (χ1) is 11.3. The quantitative estimate of drug-likeness (QED) is 0.783. The number of amides is 1. The van der Waals surface area contributed by atoms with E-state index in [1.807, 2.05) is 45.0 Å². The van der Waals surface area contributed by atoms with Gasteiger partial charge in [-0.3, -0.25) is 0 Å². The van der Waals surface area contributed by atoms with E-state index in [-0.39, 0.29) is 6.09 Å². The second kappa shape index (κ2) is 6.48. The molecule has 24 heavy (non-hydrogen) atoms. The topological polar surface area (TPSA) is 45.7 Å². The number of benzene rings is 1. The first-order valence-electron chi connectivity index (χ1n) is 8.11. The number of rotatable bonds is 1. The van der Waals surface area contributed by atoms with Crippen molar-refractivity contribution in [1.82, 2.24) is 9.88 Å². The fourth-order valence-electron chi connectivity index (χ4n) is 2.81. The predicted octanol–water partition coefficient (Wildman–Crippen LogP) is 3.95. The number of carbonyl (C=O) groups excluding carboxylic acids is 1. The number of piperazine rings is 1. The van der Waals surface area contributed by atoms with Gasteiger partial charge in [0.2, 0.25) is 0 Å². The summed E-state index contributed by atoms with van der Waals surface area (Å²) in [6.45, 7) is 8.36. The van der Waals surface area contributed by atoms with E-state index in [9.17, 15) is 4.79 Å². The molecule has 1 aromatic heterocycles. The third-order valence-corrected chi connectivity index (χ3v) is 4.17. The average Bonchev–Trinajstić information content (AvgIpc) is 2.52. The Morgan fingerprint density at radius 2 is 1.88 bits per heavy atom. The SMILES string of the molecule is CC(C)(C)OC(=O)N1CCN(c2nccc3cc(Cl)ccc23)CC1. The molecule has 5 nitrogen and oxygen atoms in total. The lowest BCUT2D eigenvalue weighted by Crippen LogP contribution is -2.50. The summed E-state index contributed by atoms with van der Waals surface area (Å²) in [5.41, 5.74) is -0.468. The molecule has 0 radical (unpaired) electrons. The zero-order valence-corrected chi connectivity index (χ0v) is 15.0. The maximum Gasteiger partial charge on any atom is 0.410 e. The van der Waals surface area contributed by atoms with Crippen LogP contribution in [0.3, 0.4) is 0 Å². The summed E-state index contributed by atoms with van der Waals surface area (Å²) in [5.74, 6) is 0.938. The lowest BCUT2D eigenvalue weighted by Gasteiger charge is -2.36. The van der Waals surface area contributed by atoms with Crippen molar-refractivity contribution >= 4 is 34.3 Å². The minimum atomic E-state index is -0.468. The molecule has 1 amide bonds. The van der Waals surface area contributed by atoms with Crippen LogP contribution in [0.1, 0.15) is 20.8 Å². The Hall–Kier alpha value is -2.01. The highest BCUT2D eigenvalue weighted by Gasteiger charge is 2.26. The number of aromatic nitrogens is 1. The van der Waals surface area contributed by atoms with Crippen LogP contribution in [0.2, 0.25) is 5.02 Å². The average molecular weight is 348 g/mol. The Bertz CT molecular complexity index is 750. The largest absolute Gasteiger partial charge is 0.444 e. The summed E-state index contributed by atoms with van der Waals surface area (Å²) in [6.07, 6.45) is 1.55. The van der Waals surface area contributed by atoms with E-state index in [1.165, 1.54) is 0 Å². The van der Waals surface area contributed by atoms with Crippen molar-refractivity contribution in [3.63, 3.8) is 0 Å². The number of pyridine rings is 1. The van der Waals surface area contributed by atoms with Crippen LogP contribution in [-0.4, -0.2) is 47.8 Å². The summed E-state index contributed by atoms with van der Waals surface area (Å²) >= 11 is 6.07. The number of carbonyl (C=O) groups is 1. The number of ether oxygens (including phenoxy) is 1. The second-order valence-electron chi connectivity index (χ2n) is 6.95. The van der Waals surface area contributed by atoms with Gasteiger partial charge in [-0.25, -0.2) is 9.78 Å². The zero-order chi connectivity index (χ0) is 17.3. The van der Waals surface area contributed by atoms with Gasteiger partial charge in [0.05, 0.1) is 0 Å². The Morgan fingerprint density at radius 1 is 1.17 bits per heavy atom. The van der Waals surface area contributed by atoms with Crippen molar-refractivity contribution in [2.75, 3.05) is 31.1 Å². The molecule has 1 aromatic carbocycles. The minimum absolute atomic E-state index is 0.250. The maximum absolute atomic E-state index is 12.2. The molecule has 0 spiro atoms. The Morgan fingerprint density at radius 3 is 2.54 bits per heavy atom. The minimum Gasteiger partial charge on any atom is -0.444 e. The van der Waals surface area contributed by atoms with Gasteiger partial charge in [0.25, 0.3) is 0 Å². The Balaban J connectivity index is 1.72. The van der Waals surface area contributed by atoms with Gasteiger partial charge < -0.3 is 14.5 Å². The van der Waals surface area contributed by atoms with Crippen LogP contribution in [0, 0.1) is 0 Å². The molecule has 1 fully saturated rings. The van der Waals surface area contributed by atoms with Gasteiger partial charge in [-0.1, -0.05) is 11.6 Å². The molecule has 2 aromatic rings. The van der Waals surface area contributed by atoms with Crippen molar-refractivity contribution in [1.29, 1.82) is 0 Å². The van der Waals surface area contributed by atoms with Gasteiger partial charge in [0, 0.05) is 42.8 Å². The molecular weight excluding hydrogens is 326 g/mol. The second-order valence-corrected chi connectivity index (χ2v) is 7.39. The molecule has 0 atom stereocenters. The van der Waals surface area contributed by atoms with Crippen molar-refractivity contribution in [3.05, 3.63) is 35.5 Å². The lowest BCUT2D eigenvalue weighted by atomic mass is 10.1. The first-order valence-corrected chi connectivity index (χ1v) is 8.48. The van der Waals surface area contributed by atoms with E-state index < -0.39 is 5.60 Å². The molecule has 0 bridgehead atoms. The molecular formula is C18H22ClN3O2. The number of fused-ring (bicyclic) bond motifs is 1. The van der Waals surface area contributed by atoms with Crippen LogP contribution in [0.25, 0.3) is 10.8 Å². The molecule has 1 aliphatic rings.